The number of nitrogens with two attached hydrogens (primary N) is 1. The number of nitrogen functional groups attached to an aromatic ring is 1. The summed E-state index contributed by atoms with van der Waals surface area (Å²) in [5, 5.41) is 3.03. The van der Waals surface area contributed by atoms with E-state index in [1.54, 1.807) is 0 Å². The molecule has 2 heterocycles. The van der Waals surface area contributed by atoms with E-state index in [-0.39, 0.29) is 12.0 Å². The van der Waals surface area contributed by atoms with Crippen molar-refractivity contribution in [3.8, 4) is 6.01 Å². The van der Waals surface area contributed by atoms with Crippen molar-refractivity contribution in [2.75, 3.05) is 17.3 Å². The third-order valence-electron chi connectivity index (χ3n) is 2.40. The average Bonchev–Trinajstić information content (AvgIpc) is 2.88. The topological polar surface area (TPSA) is 111 Å². The second kappa shape index (κ2) is 6.71. The van der Waals surface area contributed by atoms with Crippen LogP contribution < -0.4 is 21.3 Å². The fourth-order valence-corrected chi connectivity index (χ4v) is 1.50. The third kappa shape index (κ3) is 3.82. The monoisotopic (exact) mass is 278 g/mol. The first-order valence-electron chi connectivity index (χ1n) is 6.36. The summed E-state index contributed by atoms with van der Waals surface area (Å²) in [5.41, 5.74) is 2.38. The predicted octanol–water partition coefficient (Wildman–Crippen LogP) is 1.46. The number of aromatic nitrogens is 3. The largest absolute Gasteiger partial charge is 0.465 e. The van der Waals surface area contributed by atoms with Crippen molar-refractivity contribution in [3.63, 3.8) is 0 Å². The van der Waals surface area contributed by atoms with Crippen molar-refractivity contribution in [2.24, 2.45) is 5.84 Å². The number of anilines is 2. The Labute approximate surface area is 116 Å². The maximum atomic E-state index is 5.45. The molecule has 0 bridgehead atoms. The van der Waals surface area contributed by atoms with Gasteiger partial charge in [0.05, 0.1) is 13.2 Å². The summed E-state index contributed by atoms with van der Waals surface area (Å²) >= 11 is 0. The molecule has 2 aromatic rings. The summed E-state index contributed by atoms with van der Waals surface area (Å²) in [6.07, 6.45) is 0.867. The first-order valence-corrected chi connectivity index (χ1v) is 6.36. The van der Waals surface area contributed by atoms with Gasteiger partial charge in [0.2, 0.25) is 11.9 Å². The molecule has 108 valence electrons. The van der Waals surface area contributed by atoms with E-state index in [0.717, 1.165) is 17.9 Å². The van der Waals surface area contributed by atoms with Gasteiger partial charge in [-0.2, -0.15) is 15.0 Å². The van der Waals surface area contributed by atoms with Crippen LogP contribution in [0.3, 0.4) is 0 Å². The molecule has 8 heteroatoms. The average molecular weight is 278 g/mol. The van der Waals surface area contributed by atoms with Gasteiger partial charge < -0.3 is 14.5 Å². The van der Waals surface area contributed by atoms with E-state index in [4.69, 9.17) is 15.0 Å². The molecule has 0 aliphatic heterocycles. The lowest BCUT2D eigenvalue weighted by molar-refractivity contribution is 0.292. The number of hydrogen-bond acceptors (Lipinski definition) is 8. The maximum absolute atomic E-state index is 5.45. The van der Waals surface area contributed by atoms with E-state index < -0.39 is 0 Å². The highest BCUT2D eigenvalue weighted by Gasteiger charge is 2.07. The van der Waals surface area contributed by atoms with Gasteiger partial charge in [-0.1, -0.05) is 6.92 Å². The Bertz CT molecular complexity index is 557. The molecule has 8 nitrogen and oxygen atoms in total. The Morgan fingerprint density at radius 1 is 1.25 bits per heavy atom. The summed E-state index contributed by atoms with van der Waals surface area (Å²) in [6.45, 7) is 4.89. The van der Waals surface area contributed by atoms with Gasteiger partial charge in [0, 0.05) is 0 Å². The second-order valence-electron chi connectivity index (χ2n) is 4.12. The molecule has 0 aliphatic rings. The standard InChI is InChI=1S/C12H18N6O2/c1-3-6-19-12-16-10(15-11(17-12)18-13)14-7-9-5-4-8(2)20-9/h4-5H,3,6-7,13H2,1-2H3,(H2,14,15,16,17,18). The molecule has 2 aromatic heterocycles. The molecule has 0 aromatic carbocycles. The number of nitrogens with one attached hydrogen (secondary N) is 2. The molecule has 0 spiro atoms. The smallest absolute Gasteiger partial charge is 0.323 e. The molecule has 4 N–H and O–H groups in total. The van der Waals surface area contributed by atoms with Crippen LogP contribution in [-0.2, 0) is 6.54 Å². The van der Waals surface area contributed by atoms with E-state index >= 15 is 0 Å². The molecule has 0 atom stereocenters. The molecule has 2 rings (SSSR count). The molecule has 20 heavy (non-hydrogen) atoms. The van der Waals surface area contributed by atoms with E-state index in [0.29, 0.717) is 19.1 Å². The number of hydrogen-bond donors (Lipinski definition) is 3. The molecule has 0 radical (unpaired) electrons. The Morgan fingerprint density at radius 2 is 2.05 bits per heavy atom. The molecule has 0 aliphatic carbocycles. The summed E-state index contributed by atoms with van der Waals surface area (Å²) in [6, 6.07) is 4.01. The molecule has 0 unspecified atom stereocenters. The normalized spacial score (nSPS) is 10.3. The van der Waals surface area contributed by atoms with Crippen LogP contribution in [0.4, 0.5) is 11.9 Å². The molecular formula is C12H18N6O2. The van der Waals surface area contributed by atoms with Gasteiger partial charge in [-0.25, -0.2) is 5.84 Å². The SMILES string of the molecule is CCCOc1nc(NN)nc(NCc2ccc(C)o2)n1. The first-order chi connectivity index (χ1) is 9.71. The van der Waals surface area contributed by atoms with Gasteiger partial charge in [0.1, 0.15) is 11.5 Å². The number of furan rings is 1. The zero-order valence-corrected chi connectivity index (χ0v) is 11.5. The number of hydrazine groups is 1. The van der Waals surface area contributed by atoms with E-state index in [9.17, 15) is 0 Å². The summed E-state index contributed by atoms with van der Waals surface area (Å²) in [4.78, 5) is 12.2. The third-order valence-corrected chi connectivity index (χ3v) is 2.40. The highest BCUT2D eigenvalue weighted by Crippen LogP contribution is 2.13. The van der Waals surface area contributed by atoms with Crippen molar-refractivity contribution in [1.29, 1.82) is 0 Å². The lowest BCUT2D eigenvalue weighted by Crippen LogP contribution is -2.14. The van der Waals surface area contributed by atoms with Gasteiger partial charge in [0.15, 0.2) is 0 Å². The van der Waals surface area contributed by atoms with Crippen LogP contribution in [0.25, 0.3) is 0 Å². The molecule has 0 saturated carbocycles. The second-order valence-corrected chi connectivity index (χ2v) is 4.12. The Hall–Kier alpha value is -2.35. The minimum Gasteiger partial charge on any atom is -0.465 e. The van der Waals surface area contributed by atoms with Crippen LogP contribution in [-0.4, -0.2) is 21.6 Å². The van der Waals surface area contributed by atoms with Crippen LogP contribution in [0, 0.1) is 6.92 Å². The summed E-state index contributed by atoms with van der Waals surface area (Å²) in [5.74, 6) is 7.58. The fraction of sp³-hybridized carbons (Fsp3) is 0.417. The molecular weight excluding hydrogens is 260 g/mol. The highest BCUT2D eigenvalue weighted by molar-refractivity contribution is 5.35. The number of aryl methyl sites for hydroxylation is 1. The number of rotatable bonds is 7. The van der Waals surface area contributed by atoms with Crippen LogP contribution in [0.15, 0.2) is 16.5 Å². The lowest BCUT2D eigenvalue weighted by Gasteiger charge is -2.08. The Morgan fingerprint density at radius 3 is 2.70 bits per heavy atom. The Kier molecular flexibility index (Phi) is 4.72. The fourth-order valence-electron chi connectivity index (χ4n) is 1.50. The number of ether oxygens (including phenoxy) is 1. The molecule has 0 amide bonds. The van der Waals surface area contributed by atoms with Crippen molar-refractivity contribution in [3.05, 3.63) is 23.7 Å². The van der Waals surface area contributed by atoms with Crippen LogP contribution in [0.5, 0.6) is 6.01 Å². The van der Waals surface area contributed by atoms with Gasteiger partial charge in [-0.3, -0.25) is 5.43 Å². The molecule has 0 saturated heterocycles. The van der Waals surface area contributed by atoms with Crippen molar-refractivity contribution in [1.82, 2.24) is 15.0 Å². The zero-order chi connectivity index (χ0) is 14.4. The van der Waals surface area contributed by atoms with E-state index in [1.807, 2.05) is 26.0 Å². The van der Waals surface area contributed by atoms with Crippen LogP contribution >= 0.6 is 0 Å². The minimum atomic E-state index is 0.230. The summed E-state index contributed by atoms with van der Waals surface area (Å²) in [7, 11) is 0. The first kappa shape index (κ1) is 14.1. The van der Waals surface area contributed by atoms with Gasteiger partial charge in [-0.15, -0.1) is 0 Å². The van der Waals surface area contributed by atoms with Gasteiger partial charge in [-0.05, 0) is 25.5 Å². The maximum Gasteiger partial charge on any atom is 0.323 e. The summed E-state index contributed by atoms with van der Waals surface area (Å²) < 4.78 is 10.8. The predicted molar refractivity (Wildman–Crippen MR) is 74.2 cm³/mol. The lowest BCUT2D eigenvalue weighted by atomic mass is 10.4. The van der Waals surface area contributed by atoms with Crippen LogP contribution in [0.2, 0.25) is 0 Å². The number of nitrogens with zero attached hydrogens (tertiary/aromatic N) is 3. The van der Waals surface area contributed by atoms with Crippen LogP contribution in [0.1, 0.15) is 24.9 Å². The Balaban J connectivity index is 2.05. The van der Waals surface area contributed by atoms with Crippen molar-refractivity contribution >= 4 is 11.9 Å². The van der Waals surface area contributed by atoms with Gasteiger partial charge in [0.25, 0.3) is 0 Å². The van der Waals surface area contributed by atoms with Gasteiger partial charge >= 0.3 is 6.01 Å². The molecule has 0 fully saturated rings. The van der Waals surface area contributed by atoms with E-state index in [1.165, 1.54) is 0 Å². The quantitative estimate of drug-likeness (QED) is 0.515. The zero-order valence-electron chi connectivity index (χ0n) is 11.5. The van der Waals surface area contributed by atoms with Crippen molar-refractivity contribution < 1.29 is 9.15 Å². The minimum absolute atomic E-state index is 0.230. The van der Waals surface area contributed by atoms with Crippen molar-refractivity contribution in [2.45, 2.75) is 26.8 Å². The van der Waals surface area contributed by atoms with E-state index in [2.05, 4.69) is 25.7 Å². The highest BCUT2D eigenvalue weighted by atomic mass is 16.5.